The van der Waals surface area contributed by atoms with Gasteiger partial charge in [-0.25, -0.2) is 13.1 Å². The summed E-state index contributed by atoms with van der Waals surface area (Å²) in [6, 6.07) is 5.25. The van der Waals surface area contributed by atoms with Gasteiger partial charge in [-0.15, -0.1) is 0 Å². The van der Waals surface area contributed by atoms with Gasteiger partial charge in [0, 0.05) is 17.7 Å². The van der Waals surface area contributed by atoms with Gasteiger partial charge in [0.1, 0.15) is 0 Å². The van der Waals surface area contributed by atoms with Gasteiger partial charge in [-0.3, -0.25) is 10.1 Å². The third-order valence-corrected chi connectivity index (χ3v) is 4.95. The van der Waals surface area contributed by atoms with Gasteiger partial charge in [-0.2, -0.15) is 0 Å². The summed E-state index contributed by atoms with van der Waals surface area (Å²) in [5.74, 6) is -0.465. The van der Waals surface area contributed by atoms with E-state index in [0.29, 0.717) is 12.8 Å². The molecule has 1 saturated carbocycles. The number of nitrogens with one attached hydrogen (secondary N) is 1. The van der Waals surface area contributed by atoms with Crippen LogP contribution in [-0.4, -0.2) is 30.6 Å². The molecule has 116 valence electrons. The Bertz CT molecular complexity index is 617. The van der Waals surface area contributed by atoms with Crippen LogP contribution in [0.1, 0.15) is 31.2 Å². The molecule has 0 heterocycles. The Balaban J connectivity index is 2.12. The Morgan fingerprint density at radius 2 is 1.95 bits per heavy atom. The first-order valence-corrected chi connectivity index (χ1v) is 8.44. The number of aliphatic hydroxyl groups excluding tert-OH is 1. The number of benzene rings is 1. The number of nitro benzene ring substituents is 1. The second-order valence-corrected chi connectivity index (χ2v) is 6.97. The Hall–Kier alpha value is -1.51. The highest BCUT2D eigenvalue weighted by Gasteiger charge is 2.28. The highest BCUT2D eigenvalue weighted by atomic mass is 32.2. The molecular weight excluding hydrogens is 296 g/mol. The van der Waals surface area contributed by atoms with Crippen molar-refractivity contribution in [3.8, 4) is 0 Å². The van der Waals surface area contributed by atoms with Crippen LogP contribution in [-0.2, 0) is 15.8 Å². The van der Waals surface area contributed by atoms with Crippen LogP contribution in [0, 0.1) is 10.1 Å². The van der Waals surface area contributed by atoms with E-state index in [9.17, 15) is 23.6 Å². The molecule has 0 amide bonds. The summed E-state index contributed by atoms with van der Waals surface area (Å²) in [6.07, 6.45) is 2.19. The normalized spacial score (nSPS) is 22.9. The number of rotatable bonds is 5. The van der Waals surface area contributed by atoms with Crippen molar-refractivity contribution in [2.75, 3.05) is 0 Å². The molecule has 0 radical (unpaired) electrons. The minimum atomic E-state index is -3.74. The SMILES string of the molecule is O=[N+]([O-])c1ccccc1CS(=O)(=O)N[C@@H]1CCCC[C@H]1O. The molecule has 0 bridgehead atoms. The smallest absolute Gasteiger partial charge is 0.273 e. The zero-order valence-corrected chi connectivity index (χ0v) is 12.3. The minimum absolute atomic E-state index is 0.139. The number of sulfonamides is 1. The molecule has 8 heteroatoms. The molecular formula is C13H18N2O5S. The van der Waals surface area contributed by atoms with Crippen LogP contribution in [0.4, 0.5) is 5.69 Å². The molecule has 0 aromatic heterocycles. The molecule has 0 unspecified atom stereocenters. The van der Waals surface area contributed by atoms with Crippen molar-refractivity contribution in [2.24, 2.45) is 0 Å². The van der Waals surface area contributed by atoms with Gasteiger partial charge in [-0.05, 0) is 12.8 Å². The summed E-state index contributed by atoms with van der Waals surface area (Å²) in [7, 11) is -3.74. The molecule has 1 aromatic carbocycles. The summed E-state index contributed by atoms with van der Waals surface area (Å²) in [6.45, 7) is 0. The fourth-order valence-corrected chi connectivity index (χ4v) is 4.01. The third-order valence-electron chi connectivity index (χ3n) is 3.59. The third kappa shape index (κ3) is 4.23. The molecule has 7 nitrogen and oxygen atoms in total. The van der Waals surface area contributed by atoms with Crippen molar-refractivity contribution < 1.29 is 18.4 Å². The van der Waals surface area contributed by atoms with Gasteiger partial charge in [0.2, 0.25) is 10.0 Å². The molecule has 0 saturated heterocycles. The molecule has 2 atom stereocenters. The topological polar surface area (TPSA) is 110 Å². The van der Waals surface area contributed by atoms with Gasteiger partial charge < -0.3 is 5.11 Å². The van der Waals surface area contributed by atoms with E-state index in [0.717, 1.165) is 12.8 Å². The van der Waals surface area contributed by atoms with Crippen molar-refractivity contribution in [2.45, 2.75) is 43.6 Å². The van der Waals surface area contributed by atoms with Crippen LogP contribution in [0.25, 0.3) is 0 Å². The molecule has 1 aliphatic rings. The van der Waals surface area contributed by atoms with Crippen molar-refractivity contribution in [1.29, 1.82) is 0 Å². The lowest BCUT2D eigenvalue weighted by molar-refractivity contribution is -0.385. The van der Waals surface area contributed by atoms with Crippen LogP contribution in [0.3, 0.4) is 0 Å². The molecule has 0 spiro atoms. The maximum Gasteiger partial charge on any atom is 0.273 e. The number of hydrogen-bond acceptors (Lipinski definition) is 5. The lowest BCUT2D eigenvalue weighted by Gasteiger charge is -2.28. The Kier molecular flexibility index (Phi) is 4.92. The van der Waals surface area contributed by atoms with Gasteiger partial charge >= 0.3 is 0 Å². The zero-order valence-electron chi connectivity index (χ0n) is 11.4. The van der Waals surface area contributed by atoms with Crippen molar-refractivity contribution in [3.05, 3.63) is 39.9 Å². The first-order valence-electron chi connectivity index (χ1n) is 6.79. The van der Waals surface area contributed by atoms with E-state index in [1.165, 1.54) is 18.2 Å². The number of aliphatic hydroxyl groups is 1. The predicted molar refractivity (Wildman–Crippen MR) is 77.1 cm³/mol. The van der Waals surface area contributed by atoms with E-state index in [4.69, 9.17) is 0 Å². The lowest BCUT2D eigenvalue weighted by Crippen LogP contribution is -2.45. The summed E-state index contributed by atoms with van der Waals surface area (Å²) in [5, 5.41) is 20.7. The summed E-state index contributed by atoms with van der Waals surface area (Å²) >= 11 is 0. The first kappa shape index (κ1) is 15.9. The Labute approximate surface area is 123 Å². The quantitative estimate of drug-likeness (QED) is 0.629. The van der Waals surface area contributed by atoms with E-state index in [2.05, 4.69) is 4.72 Å². The average Bonchev–Trinajstić information content (AvgIpc) is 2.41. The van der Waals surface area contributed by atoms with E-state index in [1.807, 2.05) is 0 Å². The summed E-state index contributed by atoms with van der Waals surface area (Å²) < 4.78 is 26.7. The molecule has 1 fully saturated rings. The largest absolute Gasteiger partial charge is 0.391 e. The summed E-state index contributed by atoms with van der Waals surface area (Å²) in [5.41, 5.74) is -0.0765. The van der Waals surface area contributed by atoms with Gasteiger partial charge in [0.15, 0.2) is 0 Å². The number of para-hydroxylation sites is 1. The molecule has 0 aliphatic heterocycles. The number of nitro groups is 1. The lowest BCUT2D eigenvalue weighted by atomic mass is 9.93. The average molecular weight is 314 g/mol. The second kappa shape index (κ2) is 6.50. The zero-order chi connectivity index (χ0) is 15.5. The van der Waals surface area contributed by atoms with Crippen molar-refractivity contribution in [3.63, 3.8) is 0 Å². The van der Waals surface area contributed by atoms with Crippen LogP contribution >= 0.6 is 0 Å². The number of nitrogens with zero attached hydrogens (tertiary/aromatic N) is 1. The Morgan fingerprint density at radius 1 is 1.29 bits per heavy atom. The minimum Gasteiger partial charge on any atom is -0.391 e. The molecule has 2 N–H and O–H groups in total. The molecule has 1 aliphatic carbocycles. The fraction of sp³-hybridized carbons (Fsp3) is 0.538. The predicted octanol–water partition coefficient (Wildman–Crippen LogP) is 1.32. The standard InChI is InChI=1S/C13H18N2O5S/c16-13-8-4-2-6-11(13)14-21(19,20)9-10-5-1-3-7-12(10)15(17)18/h1,3,5,7,11,13-14,16H,2,4,6,8-9H2/t11-,13-/m1/s1. The van der Waals surface area contributed by atoms with Crippen LogP contribution in [0.5, 0.6) is 0 Å². The van der Waals surface area contributed by atoms with Crippen molar-refractivity contribution >= 4 is 15.7 Å². The van der Waals surface area contributed by atoms with Gasteiger partial charge in [0.25, 0.3) is 5.69 Å². The van der Waals surface area contributed by atoms with E-state index < -0.39 is 32.8 Å². The Morgan fingerprint density at radius 3 is 2.62 bits per heavy atom. The van der Waals surface area contributed by atoms with Crippen molar-refractivity contribution in [1.82, 2.24) is 4.72 Å². The van der Waals surface area contributed by atoms with Crippen LogP contribution in [0.15, 0.2) is 24.3 Å². The maximum absolute atomic E-state index is 12.1. The highest BCUT2D eigenvalue weighted by molar-refractivity contribution is 7.88. The molecule has 1 aromatic rings. The van der Waals surface area contributed by atoms with Crippen LogP contribution < -0.4 is 4.72 Å². The highest BCUT2D eigenvalue weighted by Crippen LogP contribution is 2.22. The van der Waals surface area contributed by atoms with E-state index >= 15 is 0 Å². The maximum atomic E-state index is 12.1. The first-order chi connectivity index (χ1) is 9.89. The van der Waals surface area contributed by atoms with Gasteiger partial charge in [-0.1, -0.05) is 31.0 Å². The van der Waals surface area contributed by atoms with Crippen LogP contribution in [0.2, 0.25) is 0 Å². The van der Waals surface area contributed by atoms with Gasteiger partial charge in [0.05, 0.1) is 16.8 Å². The molecule has 2 rings (SSSR count). The summed E-state index contributed by atoms with van der Waals surface area (Å²) in [4.78, 5) is 10.3. The van der Waals surface area contributed by atoms with E-state index in [1.54, 1.807) is 6.07 Å². The second-order valence-electron chi connectivity index (χ2n) is 5.22. The molecule has 21 heavy (non-hydrogen) atoms. The fourth-order valence-electron chi connectivity index (χ4n) is 2.54. The van der Waals surface area contributed by atoms with E-state index in [-0.39, 0.29) is 11.3 Å². The number of hydrogen-bond donors (Lipinski definition) is 2. The monoisotopic (exact) mass is 314 g/mol.